The molecule has 3 aromatic rings. The Kier molecular flexibility index (Phi) is 4.19. The molecular formula is C16H15IN4. The number of aromatic nitrogens is 3. The minimum atomic E-state index is 0.195. The summed E-state index contributed by atoms with van der Waals surface area (Å²) in [6, 6.07) is 14.6. The molecule has 0 aliphatic heterocycles. The smallest absolute Gasteiger partial charge is 0.176 e. The first kappa shape index (κ1) is 14.1. The van der Waals surface area contributed by atoms with Crippen molar-refractivity contribution in [2.75, 3.05) is 5.32 Å². The Morgan fingerprint density at radius 3 is 2.62 bits per heavy atom. The molecule has 2 aromatic heterocycles. The summed E-state index contributed by atoms with van der Waals surface area (Å²) in [5, 5.41) is 7.76. The molecule has 0 radical (unpaired) electrons. The monoisotopic (exact) mass is 390 g/mol. The van der Waals surface area contributed by atoms with Gasteiger partial charge in [0.25, 0.3) is 0 Å². The molecule has 0 amide bonds. The standard InChI is InChI=1S/C16H15IN4/c1-12(13-5-7-14(17)8-6-13)20-15-4-2-9-18-16(15)21-11-3-10-19-21/h2-12,20H,1H3. The van der Waals surface area contributed by atoms with Gasteiger partial charge >= 0.3 is 0 Å². The van der Waals surface area contributed by atoms with Crippen LogP contribution in [0.1, 0.15) is 18.5 Å². The van der Waals surface area contributed by atoms with Crippen molar-refractivity contribution in [1.82, 2.24) is 14.8 Å². The zero-order valence-electron chi connectivity index (χ0n) is 11.6. The number of benzene rings is 1. The fourth-order valence-electron chi connectivity index (χ4n) is 2.15. The van der Waals surface area contributed by atoms with Crippen molar-refractivity contribution in [3.8, 4) is 5.82 Å². The fraction of sp³-hybridized carbons (Fsp3) is 0.125. The van der Waals surface area contributed by atoms with Crippen LogP contribution in [0.15, 0.2) is 61.1 Å². The molecule has 0 spiro atoms. The number of nitrogens with zero attached hydrogens (tertiary/aromatic N) is 3. The zero-order valence-corrected chi connectivity index (χ0v) is 13.7. The second kappa shape index (κ2) is 6.26. The third-order valence-electron chi connectivity index (χ3n) is 3.25. The van der Waals surface area contributed by atoms with Crippen LogP contribution in [-0.2, 0) is 0 Å². The third kappa shape index (κ3) is 3.24. The largest absolute Gasteiger partial charge is 0.375 e. The van der Waals surface area contributed by atoms with E-state index in [2.05, 4.69) is 69.2 Å². The maximum absolute atomic E-state index is 4.42. The summed E-state index contributed by atoms with van der Waals surface area (Å²) < 4.78 is 3.00. The Hall–Kier alpha value is -1.89. The van der Waals surface area contributed by atoms with Crippen molar-refractivity contribution in [2.24, 2.45) is 0 Å². The Morgan fingerprint density at radius 2 is 1.90 bits per heavy atom. The van der Waals surface area contributed by atoms with Gasteiger partial charge < -0.3 is 5.32 Å². The number of hydrogen-bond acceptors (Lipinski definition) is 3. The summed E-state index contributed by atoms with van der Waals surface area (Å²) in [5.41, 5.74) is 2.21. The number of hydrogen-bond donors (Lipinski definition) is 1. The first-order valence-electron chi connectivity index (χ1n) is 6.71. The van der Waals surface area contributed by atoms with Gasteiger partial charge in [-0.05, 0) is 65.4 Å². The Balaban J connectivity index is 1.86. The lowest BCUT2D eigenvalue weighted by Crippen LogP contribution is -2.10. The van der Waals surface area contributed by atoms with Crippen molar-refractivity contribution in [2.45, 2.75) is 13.0 Å². The molecule has 5 heteroatoms. The summed E-state index contributed by atoms with van der Waals surface area (Å²) in [6.45, 7) is 2.14. The van der Waals surface area contributed by atoms with Gasteiger partial charge in [-0.1, -0.05) is 12.1 Å². The number of halogens is 1. The van der Waals surface area contributed by atoms with Crippen molar-refractivity contribution in [3.05, 3.63) is 70.2 Å². The minimum Gasteiger partial charge on any atom is -0.375 e. The molecule has 106 valence electrons. The zero-order chi connectivity index (χ0) is 14.7. The predicted octanol–water partition coefficient (Wildman–Crippen LogP) is 4.05. The highest BCUT2D eigenvalue weighted by Gasteiger charge is 2.10. The van der Waals surface area contributed by atoms with Crippen molar-refractivity contribution < 1.29 is 0 Å². The minimum absolute atomic E-state index is 0.195. The van der Waals surface area contributed by atoms with Gasteiger partial charge in [-0.2, -0.15) is 5.10 Å². The summed E-state index contributed by atoms with van der Waals surface area (Å²) in [5.74, 6) is 0.805. The Bertz CT molecular complexity index is 707. The quantitative estimate of drug-likeness (QED) is 0.684. The molecule has 4 nitrogen and oxygen atoms in total. The van der Waals surface area contributed by atoms with Gasteiger partial charge in [0.1, 0.15) is 0 Å². The van der Waals surface area contributed by atoms with Crippen LogP contribution in [0, 0.1) is 3.57 Å². The van der Waals surface area contributed by atoms with E-state index in [1.165, 1.54) is 9.13 Å². The molecule has 3 rings (SSSR count). The van der Waals surface area contributed by atoms with E-state index in [9.17, 15) is 0 Å². The highest BCUT2D eigenvalue weighted by molar-refractivity contribution is 14.1. The van der Waals surface area contributed by atoms with E-state index in [4.69, 9.17) is 0 Å². The van der Waals surface area contributed by atoms with Crippen molar-refractivity contribution in [1.29, 1.82) is 0 Å². The second-order valence-electron chi connectivity index (χ2n) is 4.74. The van der Waals surface area contributed by atoms with Gasteiger partial charge in [0.2, 0.25) is 0 Å². The van der Waals surface area contributed by atoms with Gasteiger partial charge in [-0.25, -0.2) is 9.67 Å². The lowest BCUT2D eigenvalue weighted by atomic mass is 10.1. The van der Waals surface area contributed by atoms with Crippen molar-refractivity contribution in [3.63, 3.8) is 0 Å². The molecule has 1 unspecified atom stereocenters. The average Bonchev–Trinajstić information content (AvgIpc) is 3.02. The van der Waals surface area contributed by atoms with E-state index in [1.807, 2.05) is 24.4 Å². The van der Waals surface area contributed by atoms with Gasteiger partial charge in [0, 0.05) is 28.2 Å². The number of pyridine rings is 1. The second-order valence-corrected chi connectivity index (χ2v) is 5.99. The van der Waals surface area contributed by atoms with Crippen LogP contribution in [0.2, 0.25) is 0 Å². The van der Waals surface area contributed by atoms with Gasteiger partial charge in [-0.15, -0.1) is 0 Å². The summed E-state index contributed by atoms with van der Waals surface area (Å²) in [4.78, 5) is 4.42. The number of rotatable bonds is 4. The van der Waals surface area contributed by atoms with Crippen LogP contribution in [-0.4, -0.2) is 14.8 Å². The lowest BCUT2D eigenvalue weighted by molar-refractivity contribution is 0.829. The maximum Gasteiger partial charge on any atom is 0.176 e. The SMILES string of the molecule is CC(Nc1cccnc1-n1cccn1)c1ccc(I)cc1. The molecular weight excluding hydrogens is 375 g/mol. The molecule has 2 heterocycles. The van der Waals surface area contributed by atoms with E-state index in [1.54, 1.807) is 17.1 Å². The molecule has 21 heavy (non-hydrogen) atoms. The van der Waals surface area contributed by atoms with Crippen LogP contribution in [0.3, 0.4) is 0 Å². The van der Waals surface area contributed by atoms with E-state index >= 15 is 0 Å². The van der Waals surface area contributed by atoms with Crippen LogP contribution in [0.4, 0.5) is 5.69 Å². The summed E-state index contributed by atoms with van der Waals surface area (Å²) >= 11 is 2.31. The average molecular weight is 390 g/mol. The topological polar surface area (TPSA) is 42.7 Å². The molecule has 0 fully saturated rings. The van der Waals surface area contributed by atoms with Gasteiger partial charge in [0.15, 0.2) is 5.82 Å². The normalized spacial score (nSPS) is 12.1. The van der Waals surface area contributed by atoms with Crippen LogP contribution >= 0.6 is 22.6 Å². The number of nitrogens with one attached hydrogen (secondary N) is 1. The first-order valence-corrected chi connectivity index (χ1v) is 7.79. The van der Waals surface area contributed by atoms with Crippen LogP contribution in [0.5, 0.6) is 0 Å². The molecule has 1 N–H and O–H groups in total. The number of anilines is 1. The highest BCUT2D eigenvalue weighted by Crippen LogP contribution is 2.23. The Labute approximate surface area is 137 Å². The molecule has 0 bridgehead atoms. The molecule has 0 aliphatic rings. The first-order chi connectivity index (χ1) is 10.2. The Morgan fingerprint density at radius 1 is 1.10 bits per heavy atom. The lowest BCUT2D eigenvalue weighted by Gasteiger charge is -2.17. The fourth-order valence-corrected chi connectivity index (χ4v) is 2.51. The summed E-state index contributed by atoms with van der Waals surface area (Å²) in [6.07, 6.45) is 5.42. The maximum atomic E-state index is 4.42. The highest BCUT2D eigenvalue weighted by atomic mass is 127. The van der Waals surface area contributed by atoms with Gasteiger partial charge in [0.05, 0.1) is 5.69 Å². The van der Waals surface area contributed by atoms with E-state index in [0.717, 1.165) is 11.5 Å². The third-order valence-corrected chi connectivity index (χ3v) is 3.97. The van der Waals surface area contributed by atoms with Crippen LogP contribution < -0.4 is 5.32 Å². The molecule has 0 saturated carbocycles. The molecule has 1 atom stereocenters. The van der Waals surface area contributed by atoms with E-state index in [-0.39, 0.29) is 6.04 Å². The van der Waals surface area contributed by atoms with Gasteiger partial charge in [-0.3, -0.25) is 0 Å². The van der Waals surface area contributed by atoms with Crippen LogP contribution in [0.25, 0.3) is 5.82 Å². The van der Waals surface area contributed by atoms with E-state index in [0.29, 0.717) is 0 Å². The summed E-state index contributed by atoms with van der Waals surface area (Å²) in [7, 11) is 0. The molecule has 0 aliphatic carbocycles. The molecule has 1 aromatic carbocycles. The van der Waals surface area contributed by atoms with E-state index < -0.39 is 0 Å². The molecule has 0 saturated heterocycles. The van der Waals surface area contributed by atoms with Crippen molar-refractivity contribution >= 4 is 28.3 Å². The predicted molar refractivity (Wildman–Crippen MR) is 92.6 cm³/mol.